The molecule has 2 rings (SSSR count). The van der Waals surface area contributed by atoms with E-state index < -0.39 is 12.6 Å². The quantitative estimate of drug-likeness (QED) is 0.834. The third-order valence-corrected chi connectivity index (χ3v) is 2.39. The first-order valence-corrected chi connectivity index (χ1v) is 6.00. The first-order valence-electron chi connectivity index (χ1n) is 5.62. The summed E-state index contributed by atoms with van der Waals surface area (Å²) in [4.78, 5) is 10.3. The molecule has 0 unspecified atom stereocenters. The van der Waals surface area contributed by atoms with Crippen molar-refractivity contribution in [3.05, 3.63) is 41.1 Å². The lowest BCUT2D eigenvalue weighted by Crippen LogP contribution is -2.06. The van der Waals surface area contributed by atoms with Gasteiger partial charge in [0.05, 0.1) is 0 Å². The Kier molecular flexibility index (Phi) is 4.91. The summed E-state index contributed by atoms with van der Waals surface area (Å²) in [6, 6.07) is 6.84. The molecule has 1 aromatic heterocycles. The topological polar surface area (TPSA) is 94.7 Å². The molecule has 0 radical (unpaired) electrons. The van der Waals surface area contributed by atoms with Crippen LogP contribution in [-0.2, 0) is 22.7 Å². The normalized spacial score (nSPS) is 10.4. The van der Waals surface area contributed by atoms with E-state index >= 15 is 0 Å². The maximum absolute atomic E-state index is 10.3. The van der Waals surface area contributed by atoms with Crippen LogP contribution in [0.4, 0.5) is 0 Å². The number of carboxylic acids is 1. The van der Waals surface area contributed by atoms with Crippen LogP contribution >= 0.6 is 11.6 Å². The minimum absolute atomic E-state index is 0.0553. The van der Waals surface area contributed by atoms with Crippen molar-refractivity contribution in [1.29, 1.82) is 0 Å². The molecule has 0 aliphatic heterocycles. The van der Waals surface area contributed by atoms with Gasteiger partial charge in [-0.3, -0.25) is 0 Å². The Labute approximate surface area is 119 Å². The van der Waals surface area contributed by atoms with Gasteiger partial charge in [0.25, 0.3) is 5.89 Å². The third-order valence-electron chi connectivity index (χ3n) is 2.14. The van der Waals surface area contributed by atoms with Crippen LogP contribution in [0.25, 0.3) is 0 Å². The molecule has 0 atom stereocenters. The average Bonchev–Trinajstić information content (AvgIpc) is 2.86. The first kappa shape index (κ1) is 14.3. The second-order valence-corrected chi connectivity index (χ2v) is 4.16. The zero-order valence-electron chi connectivity index (χ0n) is 10.3. The summed E-state index contributed by atoms with van der Waals surface area (Å²) in [5, 5.41) is 16.5. The van der Waals surface area contributed by atoms with Crippen LogP contribution in [0.15, 0.2) is 28.7 Å². The number of carboxylic acid groups (broad SMARTS) is 1. The number of benzene rings is 1. The molecule has 106 valence electrons. The van der Waals surface area contributed by atoms with Crippen LogP contribution in [0.3, 0.4) is 0 Å². The number of halogens is 1. The van der Waals surface area contributed by atoms with Gasteiger partial charge in [0, 0.05) is 5.02 Å². The molecule has 0 amide bonds. The number of carbonyl (C=O) groups is 1. The highest BCUT2D eigenvalue weighted by Crippen LogP contribution is 2.16. The summed E-state index contributed by atoms with van der Waals surface area (Å²) >= 11 is 5.75. The summed E-state index contributed by atoms with van der Waals surface area (Å²) in [5.74, 6) is 0.0296. The van der Waals surface area contributed by atoms with Crippen LogP contribution in [0.5, 0.6) is 5.75 Å². The van der Waals surface area contributed by atoms with Gasteiger partial charge in [-0.2, -0.15) is 0 Å². The number of ether oxygens (including phenoxy) is 2. The van der Waals surface area contributed by atoms with E-state index in [-0.39, 0.29) is 25.0 Å². The van der Waals surface area contributed by atoms with Gasteiger partial charge in [0.1, 0.15) is 19.0 Å². The maximum Gasteiger partial charge on any atom is 0.329 e. The minimum atomic E-state index is -1.06. The minimum Gasteiger partial charge on any atom is -0.484 e. The highest BCUT2D eigenvalue weighted by atomic mass is 35.5. The van der Waals surface area contributed by atoms with Gasteiger partial charge < -0.3 is 19.0 Å². The van der Waals surface area contributed by atoms with Crippen molar-refractivity contribution in [2.24, 2.45) is 0 Å². The van der Waals surface area contributed by atoms with Gasteiger partial charge in [-0.15, -0.1) is 10.2 Å². The second kappa shape index (κ2) is 6.88. The largest absolute Gasteiger partial charge is 0.484 e. The smallest absolute Gasteiger partial charge is 0.329 e. The van der Waals surface area contributed by atoms with Crippen LogP contribution < -0.4 is 4.74 Å². The van der Waals surface area contributed by atoms with Crippen LogP contribution in [-0.4, -0.2) is 27.9 Å². The molecule has 1 aromatic carbocycles. The van der Waals surface area contributed by atoms with Crippen LogP contribution in [0.2, 0.25) is 5.02 Å². The molecule has 0 aliphatic carbocycles. The van der Waals surface area contributed by atoms with Crippen LogP contribution in [0, 0.1) is 0 Å². The van der Waals surface area contributed by atoms with Crippen molar-refractivity contribution in [3.8, 4) is 5.75 Å². The monoisotopic (exact) mass is 298 g/mol. The van der Waals surface area contributed by atoms with E-state index in [1.54, 1.807) is 24.3 Å². The van der Waals surface area contributed by atoms with Gasteiger partial charge in [-0.05, 0) is 24.3 Å². The van der Waals surface area contributed by atoms with E-state index in [1.807, 2.05) is 0 Å². The first-order chi connectivity index (χ1) is 9.63. The molecule has 0 aliphatic rings. The number of rotatable bonds is 7. The SMILES string of the molecule is O=C(O)COCc1nnc(COc2ccc(Cl)cc2)o1. The molecule has 20 heavy (non-hydrogen) atoms. The molecule has 2 aromatic rings. The van der Waals surface area contributed by atoms with Crippen molar-refractivity contribution >= 4 is 17.6 Å². The van der Waals surface area contributed by atoms with Crippen LogP contribution in [0.1, 0.15) is 11.8 Å². The third kappa shape index (κ3) is 4.52. The van der Waals surface area contributed by atoms with Gasteiger partial charge in [0.2, 0.25) is 5.89 Å². The molecule has 1 N–H and O–H groups in total. The lowest BCUT2D eigenvalue weighted by atomic mass is 10.3. The molecular formula is C12H11ClN2O5. The number of aliphatic carboxylic acids is 1. The predicted octanol–water partition coefficient (Wildman–Crippen LogP) is 1.90. The second-order valence-electron chi connectivity index (χ2n) is 3.72. The fourth-order valence-corrected chi connectivity index (χ4v) is 1.43. The van der Waals surface area contributed by atoms with Crippen molar-refractivity contribution in [3.63, 3.8) is 0 Å². The average molecular weight is 299 g/mol. The fourth-order valence-electron chi connectivity index (χ4n) is 1.31. The van der Waals surface area contributed by atoms with Crippen molar-refractivity contribution in [2.75, 3.05) is 6.61 Å². The van der Waals surface area contributed by atoms with E-state index in [0.717, 1.165) is 0 Å². The lowest BCUT2D eigenvalue weighted by molar-refractivity contribution is -0.142. The molecular weight excluding hydrogens is 288 g/mol. The maximum atomic E-state index is 10.3. The Balaban J connectivity index is 1.80. The zero-order chi connectivity index (χ0) is 14.4. The molecule has 7 nitrogen and oxygen atoms in total. The number of aromatic nitrogens is 2. The van der Waals surface area contributed by atoms with Crippen molar-refractivity contribution in [1.82, 2.24) is 10.2 Å². The highest BCUT2D eigenvalue weighted by molar-refractivity contribution is 6.30. The van der Waals surface area contributed by atoms with E-state index in [4.69, 9.17) is 30.6 Å². The van der Waals surface area contributed by atoms with E-state index in [2.05, 4.69) is 10.2 Å². The Bertz CT molecular complexity index is 569. The van der Waals surface area contributed by atoms with E-state index in [9.17, 15) is 4.79 Å². The summed E-state index contributed by atoms with van der Waals surface area (Å²) in [7, 11) is 0. The number of nitrogens with zero attached hydrogens (tertiary/aromatic N) is 2. The summed E-state index contributed by atoms with van der Waals surface area (Å²) in [6.07, 6.45) is 0. The van der Waals surface area contributed by atoms with Crippen molar-refractivity contribution < 1.29 is 23.8 Å². The Morgan fingerprint density at radius 1 is 1.20 bits per heavy atom. The summed E-state index contributed by atoms with van der Waals surface area (Å²) in [5.41, 5.74) is 0. The molecule has 0 saturated carbocycles. The Morgan fingerprint density at radius 3 is 2.50 bits per heavy atom. The zero-order valence-corrected chi connectivity index (χ0v) is 11.0. The lowest BCUT2D eigenvalue weighted by Gasteiger charge is -2.02. The molecule has 8 heteroatoms. The molecule has 0 saturated heterocycles. The fraction of sp³-hybridized carbons (Fsp3) is 0.250. The van der Waals surface area contributed by atoms with Gasteiger partial charge >= 0.3 is 5.97 Å². The van der Waals surface area contributed by atoms with Crippen molar-refractivity contribution in [2.45, 2.75) is 13.2 Å². The molecule has 0 spiro atoms. The standard InChI is InChI=1S/C12H11ClN2O5/c13-8-1-3-9(4-2-8)19-6-11-15-14-10(20-11)5-18-7-12(16)17/h1-4H,5-7H2,(H,16,17). The molecule has 0 fully saturated rings. The number of hydrogen-bond donors (Lipinski definition) is 1. The van der Waals surface area contributed by atoms with Gasteiger partial charge in [-0.25, -0.2) is 4.79 Å². The number of hydrogen-bond acceptors (Lipinski definition) is 6. The Hall–Kier alpha value is -2.12. The highest BCUT2D eigenvalue weighted by Gasteiger charge is 2.08. The predicted molar refractivity (Wildman–Crippen MR) is 67.4 cm³/mol. The van der Waals surface area contributed by atoms with Gasteiger partial charge in [0.15, 0.2) is 6.61 Å². The van der Waals surface area contributed by atoms with E-state index in [0.29, 0.717) is 10.8 Å². The summed E-state index contributed by atoms with van der Waals surface area (Å²) < 4.78 is 15.5. The Morgan fingerprint density at radius 2 is 1.85 bits per heavy atom. The molecule has 1 heterocycles. The molecule has 0 bridgehead atoms. The van der Waals surface area contributed by atoms with E-state index in [1.165, 1.54) is 0 Å². The van der Waals surface area contributed by atoms with Gasteiger partial charge in [-0.1, -0.05) is 11.6 Å². The summed E-state index contributed by atoms with van der Waals surface area (Å²) in [6.45, 7) is -0.368.